The fourth-order valence-electron chi connectivity index (χ4n) is 4.90. The van der Waals surface area contributed by atoms with Crippen molar-refractivity contribution in [3.05, 3.63) is 70.0 Å². The average Bonchev–Trinajstić information content (AvgIpc) is 3.60. The number of nitrogens with two attached hydrogens (primary N) is 1. The lowest BCUT2D eigenvalue weighted by Gasteiger charge is -2.31. The van der Waals surface area contributed by atoms with E-state index in [-0.39, 0.29) is 62.0 Å². The van der Waals surface area contributed by atoms with Crippen LogP contribution in [0.2, 0.25) is 5.02 Å². The Morgan fingerprint density at radius 2 is 2.00 bits per heavy atom. The predicted molar refractivity (Wildman–Crippen MR) is 151 cm³/mol. The number of hydrogen-bond acceptors (Lipinski definition) is 8. The van der Waals surface area contributed by atoms with Crippen LogP contribution in [0.4, 0.5) is 22.0 Å². The van der Waals surface area contributed by atoms with Crippen LogP contribution in [0.3, 0.4) is 0 Å². The van der Waals surface area contributed by atoms with Gasteiger partial charge in [0.1, 0.15) is 40.8 Å². The van der Waals surface area contributed by atoms with Gasteiger partial charge in [0.2, 0.25) is 11.5 Å². The number of alkyl halides is 5. The van der Waals surface area contributed by atoms with Gasteiger partial charge in [-0.1, -0.05) is 17.7 Å². The molecule has 1 unspecified atom stereocenters. The number of primary amides is 1. The van der Waals surface area contributed by atoms with E-state index >= 15 is 0 Å². The molecular weight excluding hydrogens is 643 g/mol. The van der Waals surface area contributed by atoms with Gasteiger partial charge in [0, 0.05) is 28.3 Å². The maximum atomic E-state index is 14.7. The topological polar surface area (TPSA) is 165 Å². The molecule has 11 nitrogen and oxygen atoms in total. The van der Waals surface area contributed by atoms with Crippen molar-refractivity contribution in [3.8, 4) is 28.8 Å². The molecule has 0 radical (unpaired) electrons. The van der Waals surface area contributed by atoms with Crippen molar-refractivity contribution in [1.82, 2.24) is 20.1 Å². The maximum Gasteiger partial charge on any atom is 0.424 e. The molecule has 0 fully saturated rings. The molecule has 1 aliphatic heterocycles. The molecule has 4 aromatic rings. The number of amides is 2. The second-order valence-electron chi connectivity index (χ2n) is 10.6. The number of aliphatic hydroxyl groups is 1. The number of halogens is 6. The molecule has 0 saturated heterocycles. The van der Waals surface area contributed by atoms with Gasteiger partial charge in [0.05, 0.1) is 29.9 Å². The monoisotopic (exact) mass is 664 g/mol. The number of aromatic nitrogens is 3. The number of ether oxygens (including phenoxy) is 2. The Hall–Kier alpha value is -5.01. The number of nitrogens with zero attached hydrogens (tertiary/aromatic N) is 4. The van der Waals surface area contributed by atoms with Crippen molar-refractivity contribution in [2.45, 2.75) is 30.7 Å². The number of hydrogen-bond donors (Lipinski definition) is 3. The zero-order valence-corrected chi connectivity index (χ0v) is 24.5. The van der Waals surface area contributed by atoms with Crippen molar-refractivity contribution < 1.29 is 46.1 Å². The summed E-state index contributed by atoms with van der Waals surface area (Å²) in [5, 5.41) is 26.2. The van der Waals surface area contributed by atoms with Gasteiger partial charge in [0.25, 0.3) is 5.91 Å². The molecule has 46 heavy (non-hydrogen) atoms. The Bertz CT molecular complexity index is 1940. The highest BCUT2D eigenvalue weighted by Gasteiger charge is 2.57. The summed E-state index contributed by atoms with van der Waals surface area (Å²) in [5.41, 5.74) is -1.42. The van der Waals surface area contributed by atoms with Crippen LogP contribution in [0, 0.1) is 11.3 Å². The summed E-state index contributed by atoms with van der Waals surface area (Å²) in [6.07, 6.45) is -4.53. The third kappa shape index (κ3) is 5.31. The molecule has 240 valence electrons. The first-order chi connectivity index (χ1) is 21.5. The Kier molecular flexibility index (Phi) is 8.03. The van der Waals surface area contributed by atoms with Gasteiger partial charge in [-0.15, -0.1) is 0 Å². The number of pyridine rings is 1. The third-order valence-electron chi connectivity index (χ3n) is 7.65. The van der Waals surface area contributed by atoms with Crippen molar-refractivity contribution >= 4 is 34.3 Å². The summed E-state index contributed by atoms with van der Waals surface area (Å²) in [6.45, 7) is -3.50. The normalized spacial score (nSPS) is 17.2. The van der Waals surface area contributed by atoms with Crippen molar-refractivity contribution in [1.29, 1.82) is 5.26 Å². The molecule has 2 aromatic heterocycles. The number of nitriles is 1. The Morgan fingerprint density at radius 1 is 1.28 bits per heavy atom. The van der Waals surface area contributed by atoms with Crippen LogP contribution in [-0.2, 0) is 15.8 Å². The molecule has 2 amide bonds. The zero-order valence-electron chi connectivity index (χ0n) is 23.7. The number of carbonyl (C=O) groups is 2. The molecule has 5 rings (SSSR count). The van der Waals surface area contributed by atoms with E-state index in [1.807, 2.05) is 11.4 Å². The number of fused-ring (bicyclic) bond motifs is 2. The highest BCUT2D eigenvalue weighted by molar-refractivity contribution is 6.32. The van der Waals surface area contributed by atoms with E-state index in [0.29, 0.717) is 4.68 Å². The molecule has 1 aliphatic rings. The molecule has 0 saturated carbocycles. The first-order valence-corrected chi connectivity index (χ1v) is 13.5. The van der Waals surface area contributed by atoms with E-state index in [4.69, 9.17) is 26.8 Å². The van der Waals surface area contributed by atoms with Gasteiger partial charge < -0.3 is 25.6 Å². The largest absolute Gasteiger partial charge is 0.494 e. The molecular formula is C29H22ClF5N6O5. The second-order valence-corrected chi connectivity index (χ2v) is 11.0. The number of methoxy groups -OCH3 is 1. The lowest BCUT2D eigenvalue weighted by atomic mass is 9.81. The molecule has 17 heteroatoms. The van der Waals surface area contributed by atoms with E-state index in [1.54, 1.807) is 0 Å². The van der Waals surface area contributed by atoms with Crippen molar-refractivity contribution in [2.24, 2.45) is 5.73 Å². The van der Waals surface area contributed by atoms with Gasteiger partial charge in [-0.25, -0.2) is 9.67 Å². The molecule has 0 spiro atoms. The van der Waals surface area contributed by atoms with E-state index < -0.39 is 47.8 Å². The van der Waals surface area contributed by atoms with Crippen LogP contribution in [0.25, 0.3) is 22.2 Å². The van der Waals surface area contributed by atoms with E-state index in [9.17, 15) is 41.9 Å². The van der Waals surface area contributed by atoms with Crippen LogP contribution in [0.1, 0.15) is 40.7 Å². The summed E-state index contributed by atoms with van der Waals surface area (Å²) >= 11 is 6.16. The van der Waals surface area contributed by atoms with Gasteiger partial charge in [-0.05, 0) is 37.3 Å². The summed E-state index contributed by atoms with van der Waals surface area (Å²) < 4.78 is 81.6. The van der Waals surface area contributed by atoms with Crippen LogP contribution in [0.5, 0.6) is 11.5 Å². The van der Waals surface area contributed by atoms with Gasteiger partial charge in [-0.3, -0.25) is 9.59 Å². The first-order valence-electron chi connectivity index (χ1n) is 13.1. The van der Waals surface area contributed by atoms with Crippen LogP contribution >= 0.6 is 11.6 Å². The summed E-state index contributed by atoms with van der Waals surface area (Å²) in [5.74, 6) is -2.26. The van der Waals surface area contributed by atoms with E-state index in [2.05, 4.69) is 10.1 Å². The highest BCUT2D eigenvalue weighted by atomic mass is 35.5. The Labute approximate surface area is 261 Å². The summed E-state index contributed by atoms with van der Waals surface area (Å²) in [6, 6.07) is 8.78. The minimum Gasteiger partial charge on any atom is -0.494 e. The second kappa shape index (κ2) is 11.4. The van der Waals surface area contributed by atoms with Crippen LogP contribution < -0.4 is 20.5 Å². The number of benzene rings is 2. The van der Waals surface area contributed by atoms with Gasteiger partial charge in [0.15, 0.2) is 0 Å². The number of carbonyl (C=O) groups excluding carboxylic acids is 2. The minimum atomic E-state index is -5.45. The molecule has 4 N–H and O–H groups in total. The maximum absolute atomic E-state index is 14.7. The minimum absolute atomic E-state index is 0.0244. The van der Waals surface area contributed by atoms with E-state index in [0.717, 1.165) is 24.4 Å². The Morgan fingerprint density at radius 3 is 2.59 bits per heavy atom. The summed E-state index contributed by atoms with van der Waals surface area (Å²) in [7, 11) is 1.18. The van der Waals surface area contributed by atoms with Crippen LogP contribution in [0.15, 0.2) is 42.6 Å². The molecule has 3 heterocycles. The highest BCUT2D eigenvalue weighted by Crippen LogP contribution is 2.48. The molecule has 0 aliphatic carbocycles. The average molecular weight is 665 g/mol. The first kappa shape index (κ1) is 32.4. The van der Waals surface area contributed by atoms with Crippen molar-refractivity contribution in [2.75, 3.05) is 20.3 Å². The fraction of sp³-hybridized carbons (Fsp3) is 0.276. The number of nitrogens with one attached hydrogen (secondary N) is 1. The molecule has 2 atom stereocenters. The lowest BCUT2D eigenvalue weighted by molar-refractivity contribution is -0.265. The third-order valence-corrected chi connectivity index (χ3v) is 7.96. The van der Waals surface area contributed by atoms with Gasteiger partial charge in [-0.2, -0.15) is 32.3 Å². The van der Waals surface area contributed by atoms with Crippen LogP contribution in [-0.4, -0.2) is 58.1 Å². The lowest BCUT2D eigenvalue weighted by Crippen LogP contribution is -2.51. The molecule has 0 bridgehead atoms. The Balaban J connectivity index is 1.60. The van der Waals surface area contributed by atoms with Crippen molar-refractivity contribution in [3.63, 3.8) is 0 Å². The standard InChI is InChI=1S/C29H22ClF5N6O5/c1-27(25(37)43)12-46-23-17(27)8-20(39-22(23)13-3-4-14(9-36)18(30)6-13)28(44,29(33,34)35)11-38-24(42)15-5-16-10-41(26(31)32)40-21(16)19(7-15)45-2/h3-8,10,26,44H,11-12H2,1-2H3,(H2,37,43)(H,38,42)/t27-,28?/m0/s1. The number of rotatable bonds is 8. The SMILES string of the molecule is COc1cc(C(=O)NCC(O)(c2cc3c(c(-c4ccc(C#N)c(Cl)c4)n2)OC[C@]3(C)C(N)=O)C(F)(F)F)cc2cn(C(F)F)nc12. The quantitative estimate of drug-likeness (QED) is 0.234. The molecule has 2 aromatic carbocycles. The smallest absolute Gasteiger partial charge is 0.424 e. The zero-order chi connectivity index (χ0) is 33.8. The fourth-order valence-corrected chi connectivity index (χ4v) is 5.13. The summed E-state index contributed by atoms with van der Waals surface area (Å²) in [4.78, 5) is 29.6. The predicted octanol–water partition coefficient (Wildman–Crippen LogP) is 4.34. The van der Waals surface area contributed by atoms with Gasteiger partial charge >= 0.3 is 12.7 Å². The van der Waals surface area contributed by atoms with E-state index in [1.165, 1.54) is 32.2 Å².